The highest BCUT2D eigenvalue weighted by Crippen LogP contribution is 2.23. The molecule has 2 saturated heterocycles. The second-order valence-corrected chi connectivity index (χ2v) is 10.2. The molecular formula is C26H56N4O. The van der Waals surface area contributed by atoms with E-state index in [4.69, 9.17) is 4.74 Å². The maximum Gasteiger partial charge on any atom is 0.0518 e. The summed E-state index contributed by atoms with van der Waals surface area (Å²) < 4.78 is 5.54. The lowest BCUT2D eigenvalue weighted by atomic mass is 9.91. The molecule has 0 unspecified atom stereocenters. The van der Waals surface area contributed by atoms with Crippen LogP contribution in [0.25, 0.3) is 0 Å². The van der Waals surface area contributed by atoms with Crippen LogP contribution >= 0.6 is 0 Å². The fraction of sp³-hybridized carbons (Fsp3) is 1.00. The lowest BCUT2D eigenvalue weighted by Crippen LogP contribution is -2.46. The van der Waals surface area contributed by atoms with E-state index in [-0.39, 0.29) is 0 Å². The minimum absolute atomic E-state index is 0.377. The fourth-order valence-electron chi connectivity index (χ4n) is 4.50. The third-order valence-corrected chi connectivity index (χ3v) is 7.05. The molecule has 0 radical (unpaired) electrons. The zero-order valence-electron chi connectivity index (χ0n) is 22.2. The van der Waals surface area contributed by atoms with Crippen molar-refractivity contribution in [1.82, 2.24) is 19.6 Å². The highest BCUT2D eigenvalue weighted by Gasteiger charge is 2.20. The molecule has 0 saturated carbocycles. The fourth-order valence-corrected chi connectivity index (χ4v) is 4.50. The van der Waals surface area contributed by atoms with Gasteiger partial charge in [0.1, 0.15) is 0 Å². The average molecular weight is 441 g/mol. The first-order valence-electron chi connectivity index (χ1n) is 13.3. The molecule has 0 aromatic heterocycles. The number of hydrogen-bond donors (Lipinski definition) is 0. The van der Waals surface area contributed by atoms with Gasteiger partial charge in [0.25, 0.3) is 0 Å². The topological polar surface area (TPSA) is 22.2 Å². The first kappa shape index (κ1) is 28.8. The van der Waals surface area contributed by atoms with Crippen molar-refractivity contribution in [3.63, 3.8) is 0 Å². The van der Waals surface area contributed by atoms with Gasteiger partial charge in [-0.25, -0.2) is 0 Å². The van der Waals surface area contributed by atoms with E-state index < -0.39 is 0 Å². The molecule has 0 N–H and O–H groups in total. The molecule has 2 rings (SSSR count). The number of piperidine rings is 1. The van der Waals surface area contributed by atoms with Crippen LogP contribution in [-0.2, 0) is 4.74 Å². The van der Waals surface area contributed by atoms with Crippen molar-refractivity contribution < 1.29 is 4.74 Å². The molecule has 0 amide bonds. The van der Waals surface area contributed by atoms with Crippen LogP contribution in [0.2, 0.25) is 0 Å². The Kier molecular flexibility index (Phi) is 16.1. The summed E-state index contributed by atoms with van der Waals surface area (Å²) >= 11 is 0. The molecule has 2 heterocycles. The molecule has 0 aromatic rings. The Labute approximate surface area is 195 Å². The van der Waals surface area contributed by atoms with Gasteiger partial charge in [0.15, 0.2) is 0 Å². The lowest BCUT2D eigenvalue weighted by molar-refractivity contribution is 0.0642. The molecule has 2 aliphatic rings. The Bertz CT molecular complexity index is 402. The predicted octanol–water partition coefficient (Wildman–Crippen LogP) is 4.28. The third-order valence-electron chi connectivity index (χ3n) is 7.05. The molecular weight excluding hydrogens is 384 g/mol. The molecule has 31 heavy (non-hydrogen) atoms. The van der Waals surface area contributed by atoms with Crippen molar-refractivity contribution in [1.29, 1.82) is 0 Å². The third kappa shape index (κ3) is 13.8. The Balaban J connectivity index is 0.000000311. The van der Waals surface area contributed by atoms with Crippen molar-refractivity contribution in [3.8, 4) is 0 Å². The lowest BCUT2D eigenvalue weighted by Gasteiger charge is -2.34. The van der Waals surface area contributed by atoms with Gasteiger partial charge in [0.05, 0.1) is 6.10 Å². The molecule has 0 bridgehead atoms. The van der Waals surface area contributed by atoms with Crippen molar-refractivity contribution in [2.75, 3.05) is 79.1 Å². The van der Waals surface area contributed by atoms with Gasteiger partial charge in [-0.2, -0.15) is 0 Å². The van der Waals surface area contributed by atoms with Gasteiger partial charge < -0.3 is 24.3 Å². The Hall–Kier alpha value is -0.200. The smallest absolute Gasteiger partial charge is 0.0518 e. The SMILES string of the molecule is CCN(C)CCCC1CCN(C(C)C)CC1.CCN1CCN(CCCOC(C)C)CC1. The minimum atomic E-state index is 0.377. The molecule has 5 nitrogen and oxygen atoms in total. The maximum absolute atomic E-state index is 5.54. The van der Waals surface area contributed by atoms with Gasteiger partial charge in [-0.3, -0.25) is 0 Å². The largest absolute Gasteiger partial charge is 0.379 e. The average Bonchev–Trinajstić information content (AvgIpc) is 2.77. The van der Waals surface area contributed by atoms with Crippen LogP contribution in [0.1, 0.15) is 73.6 Å². The quantitative estimate of drug-likeness (QED) is 0.421. The number of likely N-dealkylation sites (tertiary alicyclic amines) is 1. The van der Waals surface area contributed by atoms with Crippen LogP contribution in [0.15, 0.2) is 0 Å². The van der Waals surface area contributed by atoms with E-state index in [9.17, 15) is 0 Å². The number of nitrogens with zero attached hydrogens (tertiary/aromatic N) is 4. The summed E-state index contributed by atoms with van der Waals surface area (Å²) in [5.74, 6) is 1.00. The summed E-state index contributed by atoms with van der Waals surface area (Å²) in [6, 6.07) is 0.743. The standard InChI is InChI=1S/C14H30N2.C12H26N2O/c1-5-15(4)10-6-7-14-8-11-16(12-9-14)13(2)3;1-4-13-7-9-14(10-8-13)6-5-11-15-12(2)3/h13-14H,5-12H2,1-4H3;12H,4-11H2,1-3H3. The van der Waals surface area contributed by atoms with E-state index >= 15 is 0 Å². The Morgan fingerprint density at radius 3 is 2.00 bits per heavy atom. The van der Waals surface area contributed by atoms with E-state index in [1.54, 1.807) is 0 Å². The molecule has 2 fully saturated rings. The van der Waals surface area contributed by atoms with E-state index in [0.717, 1.165) is 18.6 Å². The van der Waals surface area contributed by atoms with Gasteiger partial charge in [-0.05, 0) is 105 Å². The second-order valence-electron chi connectivity index (χ2n) is 10.2. The van der Waals surface area contributed by atoms with Crippen LogP contribution in [0.5, 0.6) is 0 Å². The summed E-state index contributed by atoms with van der Waals surface area (Å²) in [5, 5.41) is 0. The molecule has 0 aromatic carbocycles. The number of hydrogen-bond acceptors (Lipinski definition) is 5. The van der Waals surface area contributed by atoms with Gasteiger partial charge in [0, 0.05) is 45.4 Å². The van der Waals surface area contributed by atoms with E-state index in [0.29, 0.717) is 6.10 Å². The van der Waals surface area contributed by atoms with Crippen molar-refractivity contribution in [2.45, 2.75) is 85.8 Å². The molecule has 0 spiro atoms. The number of ether oxygens (including phenoxy) is 1. The molecule has 186 valence electrons. The predicted molar refractivity (Wildman–Crippen MR) is 136 cm³/mol. The molecule has 5 heteroatoms. The zero-order chi connectivity index (χ0) is 23.1. The first-order valence-corrected chi connectivity index (χ1v) is 13.3. The van der Waals surface area contributed by atoms with Gasteiger partial charge in [0.2, 0.25) is 0 Å². The van der Waals surface area contributed by atoms with Crippen LogP contribution < -0.4 is 0 Å². The van der Waals surface area contributed by atoms with Crippen LogP contribution in [-0.4, -0.2) is 111 Å². The highest BCUT2D eigenvalue weighted by molar-refractivity contribution is 4.74. The molecule has 0 atom stereocenters. The highest BCUT2D eigenvalue weighted by atomic mass is 16.5. The van der Waals surface area contributed by atoms with Gasteiger partial charge >= 0.3 is 0 Å². The van der Waals surface area contributed by atoms with Crippen LogP contribution in [0.4, 0.5) is 0 Å². The Morgan fingerprint density at radius 1 is 0.871 bits per heavy atom. The van der Waals surface area contributed by atoms with Gasteiger partial charge in [-0.1, -0.05) is 13.8 Å². The first-order chi connectivity index (χ1) is 14.8. The van der Waals surface area contributed by atoms with Gasteiger partial charge in [-0.15, -0.1) is 0 Å². The van der Waals surface area contributed by atoms with E-state index in [2.05, 4.69) is 68.2 Å². The second kappa shape index (κ2) is 17.3. The van der Waals surface area contributed by atoms with E-state index in [1.807, 2.05) is 0 Å². The van der Waals surface area contributed by atoms with Crippen molar-refractivity contribution >= 4 is 0 Å². The number of piperazine rings is 1. The normalized spacial score (nSPS) is 19.9. The summed E-state index contributed by atoms with van der Waals surface area (Å²) in [6.45, 7) is 26.7. The Morgan fingerprint density at radius 2 is 1.48 bits per heavy atom. The van der Waals surface area contributed by atoms with E-state index in [1.165, 1.54) is 97.6 Å². The minimum Gasteiger partial charge on any atom is -0.379 e. The molecule has 0 aliphatic carbocycles. The van der Waals surface area contributed by atoms with Crippen molar-refractivity contribution in [2.24, 2.45) is 5.92 Å². The molecule has 2 aliphatic heterocycles. The van der Waals surface area contributed by atoms with Crippen LogP contribution in [0, 0.1) is 5.92 Å². The zero-order valence-corrected chi connectivity index (χ0v) is 22.2. The maximum atomic E-state index is 5.54. The van der Waals surface area contributed by atoms with Crippen LogP contribution in [0.3, 0.4) is 0 Å². The summed E-state index contributed by atoms with van der Waals surface area (Å²) in [5.41, 5.74) is 0. The number of likely N-dealkylation sites (N-methyl/N-ethyl adjacent to an activating group) is 1. The summed E-state index contributed by atoms with van der Waals surface area (Å²) in [7, 11) is 2.22. The summed E-state index contributed by atoms with van der Waals surface area (Å²) in [4.78, 5) is 10.1. The summed E-state index contributed by atoms with van der Waals surface area (Å²) in [6.07, 6.45) is 7.22. The monoisotopic (exact) mass is 440 g/mol. The number of rotatable bonds is 12. The van der Waals surface area contributed by atoms with Crippen molar-refractivity contribution in [3.05, 3.63) is 0 Å².